The Morgan fingerprint density at radius 3 is 2.00 bits per heavy atom. The van der Waals surface area contributed by atoms with Gasteiger partial charge in [0.1, 0.15) is 5.75 Å². The van der Waals surface area contributed by atoms with Crippen LogP contribution in [0.3, 0.4) is 0 Å². The molecule has 2 rings (SSSR count). The van der Waals surface area contributed by atoms with E-state index < -0.39 is 6.10 Å². The smallest absolute Gasteiger partial charge is 0.347 e. The van der Waals surface area contributed by atoms with E-state index in [1.807, 2.05) is 13.0 Å². The molecule has 0 spiro atoms. The normalized spacial score (nSPS) is 12.0. The lowest BCUT2D eigenvalue weighted by molar-refractivity contribution is -0.151. The number of esters is 1. The van der Waals surface area contributed by atoms with Gasteiger partial charge >= 0.3 is 5.97 Å². The lowest BCUT2D eigenvalue weighted by Crippen LogP contribution is -2.26. The van der Waals surface area contributed by atoms with E-state index in [1.54, 1.807) is 31.2 Å². The van der Waals surface area contributed by atoms with Gasteiger partial charge in [0.25, 0.3) is 5.91 Å². The Morgan fingerprint density at radius 1 is 0.903 bits per heavy atom. The standard InChI is InChI=1S/C26H35NO4/c1-7-8-16-30-26(29)19(6)31-21-14-12-20(13-15-21)25(28)27-24-22(17(2)3)10-9-11-23(24)18(4)5/h9-15,17-19H,7-8,16H2,1-6H3,(H,27,28)/t19-/m0/s1. The van der Waals surface area contributed by atoms with Crippen molar-refractivity contribution in [2.24, 2.45) is 0 Å². The summed E-state index contributed by atoms with van der Waals surface area (Å²) in [6.45, 7) is 12.6. The van der Waals surface area contributed by atoms with Crippen molar-refractivity contribution in [1.82, 2.24) is 0 Å². The molecule has 1 N–H and O–H groups in total. The fourth-order valence-electron chi connectivity index (χ4n) is 3.25. The van der Waals surface area contributed by atoms with Crippen LogP contribution >= 0.6 is 0 Å². The quantitative estimate of drug-likeness (QED) is 0.358. The highest BCUT2D eigenvalue weighted by molar-refractivity contribution is 6.05. The van der Waals surface area contributed by atoms with Gasteiger partial charge in [-0.25, -0.2) is 4.79 Å². The van der Waals surface area contributed by atoms with Crippen LogP contribution < -0.4 is 10.1 Å². The van der Waals surface area contributed by atoms with E-state index in [2.05, 4.69) is 45.1 Å². The van der Waals surface area contributed by atoms with Crippen LogP contribution in [0.25, 0.3) is 0 Å². The van der Waals surface area contributed by atoms with Gasteiger partial charge < -0.3 is 14.8 Å². The average molecular weight is 426 g/mol. The Morgan fingerprint density at radius 2 is 1.48 bits per heavy atom. The number of carbonyl (C=O) groups excluding carboxylic acids is 2. The molecule has 0 aliphatic rings. The summed E-state index contributed by atoms with van der Waals surface area (Å²) in [5, 5.41) is 3.11. The molecule has 1 atom stereocenters. The van der Waals surface area contributed by atoms with E-state index in [0.29, 0.717) is 29.8 Å². The number of rotatable bonds is 10. The highest BCUT2D eigenvalue weighted by Crippen LogP contribution is 2.32. The van der Waals surface area contributed by atoms with Crippen LogP contribution in [0, 0.1) is 0 Å². The summed E-state index contributed by atoms with van der Waals surface area (Å²) in [6.07, 6.45) is 1.09. The minimum Gasteiger partial charge on any atom is -0.479 e. The van der Waals surface area contributed by atoms with E-state index in [4.69, 9.17) is 9.47 Å². The number of unbranched alkanes of at least 4 members (excludes halogenated alkanes) is 1. The monoisotopic (exact) mass is 425 g/mol. The summed E-state index contributed by atoms with van der Waals surface area (Å²) in [5.74, 6) is 0.545. The van der Waals surface area contributed by atoms with Crippen LogP contribution in [0.15, 0.2) is 42.5 Å². The van der Waals surface area contributed by atoms with E-state index in [1.165, 1.54) is 0 Å². The molecule has 0 saturated carbocycles. The zero-order valence-electron chi connectivity index (χ0n) is 19.5. The van der Waals surface area contributed by atoms with Crippen LogP contribution in [-0.2, 0) is 9.53 Å². The molecule has 0 aromatic heterocycles. The van der Waals surface area contributed by atoms with E-state index >= 15 is 0 Å². The minimum absolute atomic E-state index is 0.173. The van der Waals surface area contributed by atoms with Crippen molar-refractivity contribution >= 4 is 17.6 Å². The Labute approximate surface area is 186 Å². The topological polar surface area (TPSA) is 64.6 Å². The number of hydrogen-bond acceptors (Lipinski definition) is 4. The molecule has 0 aliphatic heterocycles. The summed E-state index contributed by atoms with van der Waals surface area (Å²) in [7, 11) is 0. The van der Waals surface area contributed by atoms with Gasteiger partial charge in [-0.05, 0) is 60.6 Å². The highest BCUT2D eigenvalue weighted by Gasteiger charge is 2.18. The third-order valence-corrected chi connectivity index (χ3v) is 5.11. The number of hydrogen-bond donors (Lipinski definition) is 1. The van der Waals surface area contributed by atoms with Gasteiger partial charge in [0.05, 0.1) is 6.61 Å². The molecule has 168 valence electrons. The molecular weight excluding hydrogens is 390 g/mol. The lowest BCUT2D eigenvalue weighted by Gasteiger charge is -2.20. The van der Waals surface area contributed by atoms with Crippen molar-refractivity contribution in [2.45, 2.75) is 72.3 Å². The van der Waals surface area contributed by atoms with Crippen molar-refractivity contribution in [3.8, 4) is 5.75 Å². The predicted octanol–water partition coefficient (Wildman–Crippen LogP) is 6.30. The second kappa shape index (κ2) is 11.5. The van der Waals surface area contributed by atoms with Gasteiger partial charge in [-0.1, -0.05) is 59.2 Å². The first-order valence-electron chi connectivity index (χ1n) is 11.1. The molecule has 2 aromatic carbocycles. The minimum atomic E-state index is -0.706. The fourth-order valence-corrected chi connectivity index (χ4v) is 3.25. The molecule has 0 unspecified atom stereocenters. The molecule has 0 saturated heterocycles. The SMILES string of the molecule is CCCCOC(=O)[C@H](C)Oc1ccc(C(=O)Nc2c(C(C)C)cccc2C(C)C)cc1. The van der Waals surface area contributed by atoms with Crippen molar-refractivity contribution in [2.75, 3.05) is 11.9 Å². The van der Waals surface area contributed by atoms with E-state index in [0.717, 1.165) is 29.7 Å². The molecule has 0 heterocycles. The molecule has 2 aromatic rings. The third kappa shape index (κ3) is 6.84. The van der Waals surface area contributed by atoms with Crippen molar-refractivity contribution in [1.29, 1.82) is 0 Å². The molecule has 5 nitrogen and oxygen atoms in total. The van der Waals surface area contributed by atoms with Gasteiger partial charge in [0.15, 0.2) is 6.10 Å². The zero-order valence-corrected chi connectivity index (χ0v) is 19.5. The molecule has 31 heavy (non-hydrogen) atoms. The lowest BCUT2D eigenvalue weighted by atomic mass is 9.92. The largest absolute Gasteiger partial charge is 0.479 e. The number of ether oxygens (including phenoxy) is 2. The Kier molecular flexibility index (Phi) is 9.10. The zero-order chi connectivity index (χ0) is 23.0. The number of amides is 1. The van der Waals surface area contributed by atoms with Crippen LogP contribution in [0.5, 0.6) is 5.75 Å². The highest BCUT2D eigenvalue weighted by atomic mass is 16.6. The van der Waals surface area contributed by atoms with Gasteiger partial charge in [-0.15, -0.1) is 0 Å². The molecule has 0 radical (unpaired) electrons. The summed E-state index contributed by atoms with van der Waals surface area (Å²) in [5.41, 5.74) is 3.66. The van der Waals surface area contributed by atoms with Crippen molar-refractivity contribution in [3.63, 3.8) is 0 Å². The fraction of sp³-hybridized carbons (Fsp3) is 0.462. The Bertz CT molecular complexity index is 845. The molecular formula is C26H35NO4. The number of benzene rings is 2. The van der Waals surface area contributed by atoms with Gasteiger partial charge in [0, 0.05) is 11.3 Å². The van der Waals surface area contributed by atoms with Crippen LogP contribution in [-0.4, -0.2) is 24.6 Å². The maximum atomic E-state index is 12.9. The van der Waals surface area contributed by atoms with Crippen LogP contribution in [0.2, 0.25) is 0 Å². The number of anilines is 1. The Balaban J connectivity index is 2.09. The van der Waals surface area contributed by atoms with E-state index in [-0.39, 0.29) is 11.9 Å². The van der Waals surface area contributed by atoms with E-state index in [9.17, 15) is 9.59 Å². The molecule has 0 bridgehead atoms. The first-order valence-corrected chi connectivity index (χ1v) is 11.1. The first kappa shape index (κ1) is 24.4. The second-order valence-corrected chi connectivity index (χ2v) is 8.38. The van der Waals surface area contributed by atoms with Gasteiger partial charge in [0.2, 0.25) is 0 Å². The third-order valence-electron chi connectivity index (χ3n) is 5.11. The maximum Gasteiger partial charge on any atom is 0.347 e. The van der Waals surface area contributed by atoms with Gasteiger partial charge in [-0.2, -0.15) is 0 Å². The van der Waals surface area contributed by atoms with Gasteiger partial charge in [-0.3, -0.25) is 4.79 Å². The number of para-hydroxylation sites is 1. The molecule has 0 fully saturated rings. The summed E-state index contributed by atoms with van der Waals surface area (Å²) in [4.78, 5) is 24.9. The summed E-state index contributed by atoms with van der Waals surface area (Å²) >= 11 is 0. The summed E-state index contributed by atoms with van der Waals surface area (Å²) in [6, 6.07) is 13.0. The maximum absolute atomic E-state index is 12.9. The number of nitrogens with one attached hydrogen (secondary N) is 1. The first-order chi connectivity index (χ1) is 14.7. The second-order valence-electron chi connectivity index (χ2n) is 8.38. The predicted molar refractivity (Wildman–Crippen MR) is 125 cm³/mol. The molecule has 5 heteroatoms. The summed E-state index contributed by atoms with van der Waals surface area (Å²) < 4.78 is 10.8. The number of carbonyl (C=O) groups is 2. The average Bonchev–Trinajstić information content (AvgIpc) is 2.74. The van der Waals surface area contributed by atoms with Crippen molar-refractivity contribution in [3.05, 3.63) is 59.2 Å². The Hall–Kier alpha value is -2.82. The van der Waals surface area contributed by atoms with Crippen LogP contribution in [0.4, 0.5) is 5.69 Å². The van der Waals surface area contributed by atoms with Crippen molar-refractivity contribution < 1.29 is 19.1 Å². The molecule has 0 aliphatic carbocycles. The molecule has 1 amide bonds. The van der Waals surface area contributed by atoms with Crippen LogP contribution in [0.1, 0.15) is 87.7 Å².